The molecule has 1 saturated carbocycles. The molecule has 0 radical (unpaired) electrons. The van der Waals surface area contributed by atoms with E-state index < -0.39 is 5.97 Å². The zero-order valence-corrected chi connectivity index (χ0v) is 25.6. The Hall–Kier alpha value is -4.44. The highest BCUT2D eigenvalue weighted by atomic mass is 35.5. The van der Waals surface area contributed by atoms with Crippen LogP contribution >= 0.6 is 11.6 Å². The van der Waals surface area contributed by atoms with Gasteiger partial charge in [0.15, 0.2) is 5.82 Å². The number of carbonyl (C=O) groups excluding carboxylic acids is 2. The maximum absolute atomic E-state index is 13.3. The van der Waals surface area contributed by atoms with Crippen molar-refractivity contribution in [2.45, 2.75) is 64.1 Å². The highest BCUT2D eigenvalue weighted by Crippen LogP contribution is 2.45. The Labute approximate surface area is 259 Å². The third-order valence-corrected chi connectivity index (χ3v) is 8.78. The number of aromatic nitrogens is 5. The third kappa shape index (κ3) is 4.96. The molecule has 1 atom stereocenters. The molecule has 1 N–H and O–H groups in total. The minimum absolute atomic E-state index is 0.190. The van der Waals surface area contributed by atoms with Gasteiger partial charge in [0, 0.05) is 18.0 Å². The van der Waals surface area contributed by atoms with E-state index in [0.29, 0.717) is 39.7 Å². The lowest BCUT2D eigenvalue weighted by Gasteiger charge is -2.17. The zero-order valence-electron chi connectivity index (χ0n) is 24.9. The first-order chi connectivity index (χ1) is 21.4. The van der Waals surface area contributed by atoms with Crippen LogP contribution in [0.25, 0.3) is 33.6 Å². The molecule has 4 aromatic heterocycles. The molecule has 11 heteroatoms. The molecular formula is C33H33ClN6O4. The maximum atomic E-state index is 13.3. The molecule has 5 aromatic rings. The number of ether oxygens (including phenoxy) is 2. The van der Waals surface area contributed by atoms with E-state index in [-0.39, 0.29) is 18.0 Å². The van der Waals surface area contributed by atoms with Crippen LogP contribution in [0.15, 0.2) is 42.5 Å². The molecule has 10 nitrogen and oxygen atoms in total. The Bertz CT molecular complexity index is 1940. The molecule has 1 fully saturated rings. The summed E-state index contributed by atoms with van der Waals surface area (Å²) >= 11 is 6.20. The summed E-state index contributed by atoms with van der Waals surface area (Å²) in [4.78, 5) is 40.5. The maximum Gasteiger partial charge on any atom is 0.338 e. The quantitative estimate of drug-likeness (QED) is 0.183. The van der Waals surface area contributed by atoms with Crippen molar-refractivity contribution in [2.75, 3.05) is 14.2 Å². The number of rotatable bonds is 4. The number of imidazole rings is 1. The first-order valence-electron chi connectivity index (χ1n) is 15.0. The lowest BCUT2D eigenvalue weighted by Crippen LogP contribution is -2.28. The Balaban J connectivity index is 1.37. The summed E-state index contributed by atoms with van der Waals surface area (Å²) in [5.41, 5.74) is 5.77. The topological polar surface area (TPSA) is 113 Å². The van der Waals surface area contributed by atoms with Crippen LogP contribution in [0.1, 0.15) is 83.2 Å². The van der Waals surface area contributed by atoms with Crippen LogP contribution in [0.4, 0.5) is 0 Å². The van der Waals surface area contributed by atoms with Gasteiger partial charge in [-0.3, -0.25) is 4.79 Å². The Morgan fingerprint density at radius 2 is 1.86 bits per heavy atom. The number of nitrogens with one attached hydrogen (secondary N) is 1. The lowest BCUT2D eigenvalue weighted by molar-refractivity contribution is 0.0600. The van der Waals surface area contributed by atoms with Crippen LogP contribution in [-0.4, -0.2) is 50.2 Å². The number of carbonyl (C=O) groups is 2. The van der Waals surface area contributed by atoms with E-state index in [9.17, 15) is 9.59 Å². The summed E-state index contributed by atoms with van der Waals surface area (Å²) in [7, 11) is 2.98. The van der Waals surface area contributed by atoms with Crippen molar-refractivity contribution < 1.29 is 19.1 Å². The van der Waals surface area contributed by atoms with Crippen molar-refractivity contribution in [1.29, 1.82) is 0 Å². The van der Waals surface area contributed by atoms with Crippen LogP contribution in [-0.2, 0) is 17.7 Å². The molecule has 0 unspecified atom stereocenters. The molecule has 1 aliphatic carbocycles. The highest BCUT2D eigenvalue weighted by Gasteiger charge is 2.32. The van der Waals surface area contributed by atoms with E-state index in [0.717, 1.165) is 72.4 Å². The van der Waals surface area contributed by atoms with Gasteiger partial charge < -0.3 is 23.9 Å². The Morgan fingerprint density at radius 1 is 1.02 bits per heavy atom. The summed E-state index contributed by atoms with van der Waals surface area (Å²) in [5, 5.41) is 4.49. The molecule has 226 valence electrons. The average molecular weight is 613 g/mol. The van der Waals surface area contributed by atoms with E-state index in [1.165, 1.54) is 7.11 Å². The van der Waals surface area contributed by atoms with Crippen molar-refractivity contribution >= 4 is 45.5 Å². The van der Waals surface area contributed by atoms with E-state index >= 15 is 0 Å². The molecule has 1 amide bonds. The summed E-state index contributed by atoms with van der Waals surface area (Å²) in [6.07, 6.45) is 5.44. The van der Waals surface area contributed by atoms with Gasteiger partial charge in [-0.25, -0.2) is 19.7 Å². The van der Waals surface area contributed by atoms with Gasteiger partial charge in [0.25, 0.3) is 5.91 Å². The molecule has 5 heterocycles. The van der Waals surface area contributed by atoms with Crippen LogP contribution in [0, 0.1) is 0 Å². The largest absolute Gasteiger partial charge is 0.494 e. The number of fused-ring (bicyclic) bond motifs is 3. The average Bonchev–Trinajstić information content (AvgIpc) is 3.70. The van der Waals surface area contributed by atoms with E-state index in [4.69, 9.17) is 31.0 Å². The molecule has 2 bridgehead atoms. The van der Waals surface area contributed by atoms with Gasteiger partial charge in [0.1, 0.15) is 22.1 Å². The normalized spacial score (nSPS) is 17.4. The van der Waals surface area contributed by atoms with E-state index in [1.807, 2.05) is 13.0 Å². The third-order valence-electron chi connectivity index (χ3n) is 8.57. The van der Waals surface area contributed by atoms with Gasteiger partial charge in [0.05, 0.1) is 54.0 Å². The second kappa shape index (κ2) is 11.2. The Morgan fingerprint density at radius 3 is 2.64 bits per heavy atom. The molecular weight excluding hydrogens is 580 g/mol. The van der Waals surface area contributed by atoms with E-state index in [2.05, 4.69) is 31.6 Å². The predicted octanol–water partition coefficient (Wildman–Crippen LogP) is 6.45. The summed E-state index contributed by atoms with van der Waals surface area (Å²) in [5.74, 6) is 0.778. The number of esters is 1. The molecule has 1 aromatic carbocycles. The number of benzene rings is 1. The number of hydrogen-bond donors (Lipinski definition) is 1. The number of pyridine rings is 2. The van der Waals surface area contributed by atoms with Crippen molar-refractivity contribution in [3.05, 3.63) is 70.1 Å². The van der Waals surface area contributed by atoms with Gasteiger partial charge >= 0.3 is 5.97 Å². The van der Waals surface area contributed by atoms with Gasteiger partial charge in [-0.2, -0.15) is 0 Å². The van der Waals surface area contributed by atoms with E-state index in [1.54, 1.807) is 31.4 Å². The van der Waals surface area contributed by atoms with Gasteiger partial charge in [-0.05, 0) is 81.5 Å². The SMILES string of the molecule is COC(=O)c1cc(OC)c2c(c1)nc(-c1cc3ccc4nc3n1CCCCCc1nc(Cl)ccc1C(=O)N[C@@H]4C)n2C1CC1. The molecule has 1 aliphatic heterocycles. The van der Waals surface area contributed by atoms with Crippen LogP contribution in [0.5, 0.6) is 5.75 Å². The monoisotopic (exact) mass is 612 g/mol. The number of hydrogen-bond acceptors (Lipinski definition) is 7. The fraction of sp³-hybridized carbons (Fsp3) is 0.364. The first kappa shape index (κ1) is 28.3. The van der Waals surface area contributed by atoms with Crippen LogP contribution in [0.3, 0.4) is 0 Å². The first-order valence-corrected chi connectivity index (χ1v) is 15.4. The fourth-order valence-electron chi connectivity index (χ4n) is 6.21. The second-order valence-electron chi connectivity index (χ2n) is 11.5. The summed E-state index contributed by atoms with van der Waals surface area (Å²) in [6.45, 7) is 2.68. The number of aryl methyl sites for hydroxylation is 2. The lowest BCUT2D eigenvalue weighted by atomic mass is 10.1. The predicted molar refractivity (Wildman–Crippen MR) is 167 cm³/mol. The van der Waals surface area contributed by atoms with Crippen LogP contribution < -0.4 is 10.1 Å². The van der Waals surface area contributed by atoms with Gasteiger partial charge in [-0.1, -0.05) is 18.0 Å². The zero-order chi connectivity index (χ0) is 30.5. The molecule has 0 saturated heterocycles. The number of amides is 1. The minimum Gasteiger partial charge on any atom is -0.494 e. The van der Waals surface area contributed by atoms with Gasteiger partial charge in [-0.15, -0.1) is 0 Å². The Kier molecular flexibility index (Phi) is 7.24. The number of nitrogens with zero attached hydrogens (tertiary/aromatic N) is 5. The standard InChI is InChI=1S/C33H33ClN6O4/c1-18-23-12-8-19-16-26(31-38-25-15-20(33(42)44-3)17-27(43-2)29(25)40(31)21-9-10-21)39(30(19)37-23)14-6-4-5-7-24-22(32(41)35-18)11-13-28(34)36-24/h8,11-13,15-18,21H,4-7,9-10,14H2,1-3H3,(H,35,41)/t18-/m1/s1. The van der Waals surface area contributed by atoms with Crippen molar-refractivity contribution in [3.63, 3.8) is 0 Å². The van der Waals surface area contributed by atoms with Gasteiger partial charge in [0.2, 0.25) is 0 Å². The summed E-state index contributed by atoms with van der Waals surface area (Å²) < 4.78 is 15.3. The smallest absolute Gasteiger partial charge is 0.338 e. The van der Waals surface area contributed by atoms with Crippen molar-refractivity contribution in [3.8, 4) is 17.3 Å². The summed E-state index contributed by atoms with van der Waals surface area (Å²) in [6, 6.07) is 13.0. The highest BCUT2D eigenvalue weighted by molar-refractivity contribution is 6.29. The molecule has 7 rings (SSSR count). The molecule has 0 spiro atoms. The van der Waals surface area contributed by atoms with Crippen molar-refractivity contribution in [1.82, 2.24) is 29.4 Å². The number of methoxy groups -OCH3 is 2. The fourth-order valence-corrected chi connectivity index (χ4v) is 6.37. The molecule has 44 heavy (non-hydrogen) atoms. The minimum atomic E-state index is -0.437. The second-order valence-corrected chi connectivity index (χ2v) is 11.9. The number of halogens is 1. The van der Waals surface area contributed by atoms with Crippen molar-refractivity contribution in [2.24, 2.45) is 0 Å². The molecule has 2 aliphatic rings. The van der Waals surface area contributed by atoms with Crippen LogP contribution in [0.2, 0.25) is 5.15 Å².